The number of guanidine groups is 1. The van der Waals surface area contributed by atoms with Crippen LogP contribution in [0.15, 0.2) is 29.3 Å². The van der Waals surface area contributed by atoms with Crippen molar-refractivity contribution in [2.75, 3.05) is 37.8 Å². The Morgan fingerprint density at radius 1 is 1.25 bits per heavy atom. The van der Waals surface area contributed by atoms with Crippen molar-refractivity contribution in [2.24, 2.45) is 4.99 Å². The summed E-state index contributed by atoms with van der Waals surface area (Å²) in [5.41, 5.74) is 2.91. The maximum Gasteiger partial charge on any atom is 0.208 e. The minimum absolute atomic E-state index is 0.249. The molecule has 0 unspecified atom stereocenters. The van der Waals surface area contributed by atoms with Gasteiger partial charge >= 0.3 is 0 Å². The Labute approximate surface area is 144 Å². The molecular formula is C17H26N4O2S. The molecule has 0 atom stereocenters. The molecule has 1 aliphatic heterocycles. The number of nitrogens with zero attached hydrogens (tertiary/aromatic N) is 2. The first-order valence-corrected chi connectivity index (χ1v) is 10.4. The van der Waals surface area contributed by atoms with E-state index in [9.17, 15) is 8.42 Å². The van der Waals surface area contributed by atoms with E-state index in [0.717, 1.165) is 12.5 Å². The fraction of sp³-hybridized carbons (Fsp3) is 0.588. The molecule has 0 saturated heterocycles. The average molecular weight is 350 g/mol. The predicted octanol–water partition coefficient (Wildman–Crippen LogP) is 1.44. The van der Waals surface area contributed by atoms with Crippen molar-refractivity contribution in [3.05, 3.63) is 29.8 Å². The lowest BCUT2D eigenvalue weighted by molar-refractivity contribution is 0.478. The quantitative estimate of drug-likeness (QED) is 0.490. The Hall–Kier alpha value is -1.60. The summed E-state index contributed by atoms with van der Waals surface area (Å²) in [6, 6.07) is 8.59. The third-order valence-corrected chi connectivity index (χ3v) is 5.76. The first kappa shape index (κ1) is 17.2. The van der Waals surface area contributed by atoms with E-state index >= 15 is 0 Å². The minimum atomic E-state index is -3.16. The van der Waals surface area contributed by atoms with Gasteiger partial charge in [0.05, 0.1) is 6.26 Å². The number of sulfonamides is 1. The summed E-state index contributed by atoms with van der Waals surface area (Å²) in [5, 5.41) is 3.28. The van der Waals surface area contributed by atoms with E-state index < -0.39 is 10.0 Å². The average Bonchev–Trinajstić information content (AvgIpc) is 3.14. The maximum absolute atomic E-state index is 11.2. The van der Waals surface area contributed by atoms with Crippen LogP contribution in [0.5, 0.6) is 0 Å². The van der Waals surface area contributed by atoms with Crippen LogP contribution in [0.2, 0.25) is 0 Å². The lowest BCUT2D eigenvalue weighted by Crippen LogP contribution is -2.45. The molecule has 1 aliphatic carbocycles. The summed E-state index contributed by atoms with van der Waals surface area (Å²) < 4.78 is 24.8. The van der Waals surface area contributed by atoms with Crippen LogP contribution in [0.25, 0.3) is 0 Å². The first-order valence-electron chi connectivity index (χ1n) is 8.48. The number of para-hydroxylation sites is 1. The number of fused-ring (bicyclic) bond motifs is 2. The number of anilines is 1. The van der Waals surface area contributed by atoms with Crippen molar-refractivity contribution in [3.63, 3.8) is 0 Å². The van der Waals surface area contributed by atoms with Gasteiger partial charge < -0.3 is 10.2 Å². The van der Waals surface area contributed by atoms with Crippen molar-refractivity contribution in [1.82, 2.24) is 10.0 Å². The van der Waals surface area contributed by atoms with Crippen LogP contribution >= 0.6 is 0 Å². The summed E-state index contributed by atoms with van der Waals surface area (Å²) in [7, 11) is -1.39. The zero-order valence-corrected chi connectivity index (χ0v) is 15.2. The van der Waals surface area contributed by atoms with Gasteiger partial charge in [-0.15, -0.1) is 0 Å². The van der Waals surface area contributed by atoms with E-state index in [1.165, 1.54) is 43.2 Å². The molecule has 0 bridgehead atoms. The number of rotatable bonds is 4. The zero-order chi connectivity index (χ0) is 17.2. The molecular weight excluding hydrogens is 324 g/mol. The van der Waals surface area contributed by atoms with Crippen LogP contribution in [0, 0.1) is 0 Å². The van der Waals surface area contributed by atoms with Gasteiger partial charge in [-0.3, -0.25) is 4.99 Å². The number of hydrogen-bond acceptors (Lipinski definition) is 3. The first-order chi connectivity index (χ1) is 11.5. The fourth-order valence-corrected chi connectivity index (χ4v) is 4.48. The van der Waals surface area contributed by atoms with Crippen molar-refractivity contribution in [2.45, 2.75) is 31.1 Å². The normalized spacial score (nSPS) is 19.8. The van der Waals surface area contributed by atoms with E-state index in [4.69, 9.17) is 0 Å². The Bertz CT molecular complexity index is 724. The number of nitrogens with one attached hydrogen (secondary N) is 2. The van der Waals surface area contributed by atoms with Gasteiger partial charge in [0.1, 0.15) is 0 Å². The molecule has 1 aromatic rings. The van der Waals surface area contributed by atoms with Crippen LogP contribution in [0.1, 0.15) is 31.2 Å². The highest BCUT2D eigenvalue weighted by Gasteiger charge is 2.45. The standard InChI is InChI=1S/C17H26N4O2S/c1-18-16(19-11-12-20-24(2,22)23)21-13-17(9-5-6-10-17)14-7-3-4-8-15(14)21/h3-4,7-8,20H,5-6,9-13H2,1-2H3,(H,18,19). The Kier molecular flexibility index (Phi) is 4.83. The molecule has 6 nitrogen and oxygen atoms in total. The molecule has 132 valence electrons. The molecule has 2 N–H and O–H groups in total. The van der Waals surface area contributed by atoms with Crippen LogP contribution in [0.4, 0.5) is 5.69 Å². The number of benzene rings is 1. The highest BCUT2D eigenvalue weighted by atomic mass is 32.2. The van der Waals surface area contributed by atoms with Gasteiger partial charge in [-0.25, -0.2) is 13.1 Å². The largest absolute Gasteiger partial charge is 0.355 e. The monoisotopic (exact) mass is 350 g/mol. The van der Waals surface area contributed by atoms with E-state index in [0.29, 0.717) is 13.1 Å². The van der Waals surface area contributed by atoms with E-state index in [2.05, 4.69) is 44.2 Å². The molecule has 1 spiro atoms. The molecule has 2 aliphatic rings. The van der Waals surface area contributed by atoms with E-state index in [1.807, 2.05) is 0 Å². The molecule has 0 amide bonds. The molecule has 0 aromatic heterocycles. The molecule has 24 heavy (non-hydrogen) atoms. The second-order valence-electron chi connectivity index (χ2n) is 6.73. The second-order valence-corrected chi connectivity index (χ2v) is 8.56. The number of hydrogen-bond donors (Lipinski definition) is 2. The highest BCUT2D eigenvalue weighted by Crippen LogP contribution is 2.50. The Morgan fingerprint density at radius 2 is 1.96 bits per heavy atom. The summed E-state index contributed by atoms with van der Waals surface area (Å²) in [4.78, 5) is 6.66. The topological polar surface area (TPSA) is 73.8 Å². The lowest BCUT2D eigenvalue weighted by Gasteiger charge is -2.26. The third-order valence-electron chi connectivity index (χ3n) is 5.03. The molecule has 1 heterocycles. The Balaban J connectivity index is 1.74. The van der Waals surface area contributed by atoms with Gasteiger partial charge in [0.25, 0.3) is 0 Å². The van der Waals surface area contributed by atoms with Crippen molar-refractivity contribution < 1.29 is 8.42 Å². The van der Waals surface area contributed by atoms with Crippen molar-refractivity contribution in [1.29, 1.82) is 0 Å². The SMILES string of the molecule is CN=C(NCCNS(C)(=O)=O)N1CC2(CCCC2)c2ccccc21. The summed E-state index contributed by atoms with van der Waals surface area (Å²) in [5.74, 6) is 0.807. The maximum atomic E-state index is 11.2. The second kappa shape index (κ2) is 6.72. The molecule has 1 saturated carbocycles. The number of aliphatic imine (C=N–C) groups is 1. The van der Waals surface area contributed by atoms with Gasteiger partial charge in [-0.05, 0) is 24.5 Å². The molecule has 1 aromatic carbocycles. The molecule has 1 fully saturated rings. The smallest absolute Gasteiger partial charge is 0.208 e. The predicted molar refractivity (Wildman–Crippen MR) is 98.1 cm³/mol. The Morgan fingerprint density at radius 3 is 2.62 bits per heavy atom. The summed E-state index contributed by atoms with van der Waals surface area (Å²) in [6.45, 7) is 1.80. The van der Waals surface area contributed by atoms with E-state index in [-0.39, 0.29) is 5.41 Å². The van der Waals surface area contributed by atoms with Gasteiger partial charge in [-0.2, -0.15) is 0 Å². The summed E-state index contributed by atoms with van der Waals surface area (Å²) in [6.07, 6.45) is 6.20. The van der Waals surface area contributed by atoms with Gasteiger partial charge in [0, 0.05) is 37.8 Å². The van der Waals surface area contributed by atoms with Gasteiger partial charge in [0.2, 0.25) is 10.0 Å². The molecule has 7 heteroatoms. The van der Waals surface area contributed by atoms with E-state index in [1.54, 1.807) is 7.05 Å². The van der Waals surface area contributed by atoms with Gasteiger partial charge in [-0.1, -0.05) is 31.0 Å². The third kappa shape index (κ3) is 3.42. The fourth-order valence-electron chi connectivity index (χ4n) is 4.00. The molecule has 0 radical (unpaired) electrons. The van der Waals surface area contributed by atoms with Crippen molar-refractivity contribution >= 4 is 21.7 Å². The van der Waals surface area contributed by atoms with Crippen LogP contribution in [-0.4, -0.2) is 47.3 Å². The van der Waals surface area contributed by atoms with Crippen LogP contribution in [0.3, 0.4) is 0 Å². The highest BCUT2D eigenvalue weighted by molar-refractivity contribution is 7.88. The summed E-state index contributed by atoms with van der Waals surface area (Å²) >= 11 is 0. The lowest BCUT2D eigenvalue weighted by atomic mass is 9.81. The molecule has 3 rings (SSSR count). The van der Waals surface area contributed by atoms with Crippen LogP contribution in [-0.2, 0) is 15.4 Å². The van der Waals surface area contributed by atoms with Gasteiger partial charge in [0.15, 0.2) is 5.96 Å². The van der Waals surface area contributed by atoms with Crippen molar-refractivity contribution in [3.8, 4) is 0 Å². The van der Waals surface area contributed by atoms with Crippen LogP contribution < -0.4 is 14.9 Å². The zero-order valence-electron chi connectivity index (χ0n) is 14.4. The minimum Gasteiger partial charge on any atom is -0.355 e.